The van der Waals surface area contributed by atoms with Crippen molar-refractivity contribution in [3.63, 3.8) is 0 Å². The largest absolute Gasteiger partial charge is 0.457 e. The van der Waals surface area contributed by atoms with Crippen LogP contribution in [0.15, 0.2) is 15.6 Å². The number of carbonyl (C=O) groups excluding carboxylic acids is 1. The molecule has 96 valence electrons. The van der Waals surface area contributed by atoms with Crippen LogP contribution in [0.1, 0.15) is 17.1 Å². The Bertz CT molecular complexity index is 609. The first-order chi connectivity index (χ1) is 8.56. The summed E-state index contributed by atoms with van der Waals surface area (Å²) in [5, 5.41) is 7.49. The van der Waals surface area contributed by atoms with Gasteiger partial charge in [-0.1, -0.05) is 5.16 Å². The zero-order valence-electron chi connectivity index (χ0n) is 9.97. The van der Waals surface area contributed by atoms with Gasteiger partial charge in [-0.3, -0.25) is 9.78 Å². The van der Waals surface area contributed by atoms with Crippen molar-refractivity contribution in [2.75, 3.05) is 0 Å². The van der Waals surface area contributed by atoms with Gasteiger partial charge in [0.15, 0.2) is 12.4 Å². The Labute approximate surface area is 102 Å². The van der Waals surface area contributed by atoms with Gasteiger partial charge in [0.25, 0.3) is 0 Å². The Morgan fingerprint density at radius 1 is 1.61 bits per heavy atom. The molecule has 8 heteroatoms. The molecular weight excluding hydrogens is 240 g/mol. The van der Waals surface area contributed by atoms with Gasteiger partial charge in [0.1, 0.15) is 6.26 Å². The van der Waals surface area contributed by atoms with Gasteiger partial charge in [-0.15, -0.1) is 0 Å². The van der Waals surface area contributed by atoms with E-state index in [0.29, 0.717) is 17.1 Å². The summed E-state index contributed by atoms with van der Waals surface area (Å²) in [5.41, 5.74) is 0.976. The SMILES string of the molecule is Cc1nocc1CC(=O)OCc1nn(C)c(=O)[nH]1. The van der Waals surface area contributed by atoms with E-state index in [1.54, 1.807) is 6.92 Å². The zero-order chi connectivity index (χ0) is 13.1. The zero-order valence-corrected chi connectivity index (χ0v) is 9.97. The maximum Gasteiger partial charge on any atom is 0.343 e. The Kier molecular flexibility index (Phi) is 3.26. The average Bonchev–Trinajstić information content (AvgIpc) is 2.85. The van der Waals surface area contributed by atoms with Crippen LogP contribution < -0.4 is 5.69 Å². The highest BCUT2D eigenvalue weighted by Gasteiger charge is 2.11. The quantitative estimate of drug-likeness (QED) is 0.749. The molecule has 0 atom stereocenters. The van der Waals surface area contributed by atoms with E-state index in [0.717, 1.165) is 4.68 Å². The summed E-state index contributed by atoms with van der Waals surface area (Å²) >= 11 is 0. The smallest absolute Gasteiger partial charge is 0.343 e. The van der Waals surface area contributed by atoms with Gasteiger partial charge >= 0.3 is 11.7 Å². The van der Waals surface area contributed by atoms with Gasteiger partial charge in [0.05, 0.1) is 12.1 Å². The maximum atomic E-state index is 11.5. The first-order valence-corrected chi connectivity index (χ1v) is 5.24. The molecule has 8 nitrogen and oxygen atoms in total. The lowest BCUT2D eigenvalue weighted by molar-refractivity contribution is -0.144. The van der Waals surface area contributed by atoms with Crippen molar-refractivity contribution < 1.29 is 14.1 Å². The molecule has 0 aromatic carbocycles. The van der Waals surface area contributed by atoms with E-state index in [4.69, 9.17) is 9.26 Å². The topological polar surface area (TPSA) is 103 Å². The van der Waals surface area contributed by atoms with Crippen molar-refractivity contribution in [2.45, 2.75) is 20.0 Å². The first-order valence-electron chi connectivity index (χ1n) is 5.24. The lowest BCUT2D eigenvalue weighted by atomic mass is 10.2. The highest BCUT2D eigenvalue weighted by Crippen LogP contribution is 2.06. The monoisotopic (exact) mass is 252 g/mol. The molecule has 0 aliphatic heterocycles. The van der Waals surface area contributed by atoms with Crippen molar-refractivity contribution in [3.8, 4) is 0 Å². The van der Waals surface area contributed by atoms with E-state index < -0.39 is 5.97 Å². The van der Waals surface area contributed by atoms with Crippen LogP contribution in [0.5, 0.6) is 0 Å². The van der Waals surface area contributed by atoms with Crippen LogP contribution in [0.4, 0.5) is 0 Å². The van der Waals surface area contributed by atoms with Crippen molar-refractivity contribution in [1.82, 2.24) is 19.9 Å². The number of nitrogens with one attached hydrogen (secondary N) is 1. The number of H-pyrrole nitrogens is 1. The third-order valence-electron chi connectivity index (χ3n) is 2.37. The van der Waals surface area contributed by atoms with Crippen molar-refractivity contribution in [2.24, 2.45) is 7.05 Å². The van der Waals surface area contributed by atoms with Crippen LogP contribution in [0, 0.1) is 6.92 Å². The van der Waals surface area contributed by atoms with Gasteiger partial charge < -0.3 is 9.26 Å². The summed E-state index contributed by atoms with van der Waals surface area (Å²) in [6.07, 6.45) is 1.48. The Balaban J connectivity index is 1.89. The van der Waals surface area contributed by atoms with Crippen LogP contribution in [0.2, 0.25) is 0 Å². The van der Waals surface area contributed by atoms with Crippen molar-refractivity contribution in [1.29, 1.82) is 0 Å². The number of aryl methyl sites for hydroxylation is 2. The molecule has 0 amide bonds. The molecule has 0 aliphatic carbocycles. The van der Waals surface area contributed by atoms with Gasteiger partial charge in [-0.05, 0) is 6.92 Å². The summed E-state index contributed by atoms with van der Waals surface area (Å²) in [6, 6.07) is 0. The number of hydrogen-bond donors (Lipinski definition) is 1. The molecule has 1 N–H and O–H groups in total. The fourth-order valence-electron chi connectivity index (χ4n) is 1.36. The van der Waals surface area contributed by atoms with E-state index in [-0.39, 0.29) is 18.7 Å². The molecule has 0 radical (unpaired) electrons. The predicted octanol–water partition coefficient (Wildman–Crippen LogP) is -0.309. The van der Waals surface area contributed by atoms with E-state index in [1.165, 1.54) is 13.3 Å². The first kappa shape index (κ1) is 12.1. The molecule has 2 heterocycles. The van der Waals surface area contributed by atoms with Crippen LogP contribution in [-0.2, 0) is 29.6 Å². The lowest BCUT2D eigenvalue weighted by Gasteiger charge is -2.00. The number of aromatic amines is 1. The number of hydrogen-bond acceptors (Lipinski definition) is 6. The molecule has 2 rings (SSSR count). The molecule has 0 saturated heterocycles. The third-order valence-corrected chi connectivity index (χ3v) is 2.37. The predicted molar refractivity (Wildman–Crippen MR) is 58.6 cm³/mol. The Morgan fingerprint density at radius 3 is 2.94 bits per heavy atom. The highest BCUT2D eigenvalue weighted by molar-refractivity contribution is 5.72. The molecule has 0 spiro atoms. The van der Waals surface area contributed by atoms with Crippen LogP contribution in [0.25, 0.3) is 0 Å². The third kappa shape index (κ3) is 2.65. The van der Waals surface area contributed by atoms with E-state index >= 15 is 0 Å². The summed E-state index contributed by atoms with van der Waals surface area (Å²) in [4.78, 5) is 25.0. The average molecular weight is 252 g/mol. The van der Waals surface area contributed by atoms with Gasteiger partial charge in [0.2, 0.25) is 0 Å². The number of aromatic nitrogens is 4. The van der Waals surface area contributed by atoms with Crippen molar-refractivity contribution in [3.05, 3.63) is 33.8 Å². The van der Waals surface area contributed by atoms with E-state index in [1.807, 2.05) is 0 Å². The number of rotatable bonds is 4. The molecule has 2 aromatic rings. The molecule has 0 unspecified atom stereocenters. The summed E-state index contributed by atoms with van der Waals surface area (Å²) in [6.45, 7) is 1.67. The normalized spacial score (nSPS) is 10.6. The van der Waals surface area contributed by atoms with Gasteiger partial charge in [-0.25, -0.2) is 9.48 Å². The Hall–Kier alpha value is -2.38. The fraction of sp³-hybridized carbons (Fsp3) is 0.400. The maximum absolute atomic E-state index is 11.5. The van der Waals surface area contributed by atoms with Gasteiger partial charge in [-0.2, -0.15) is 5.10 Å². The fourth-order valence-corrected chi connectivity index (χ4v) is 1.36. The molecule has 0 fully saturated rings. The standard InChI is InChI=1S/C10H12N4O4/c1-6-7(4-18-13-6)3-9(15)17-5-8-11-10(16)14(2)12-8/h4H,3,5H2,1-2H3,(H,11,12,16). The van der Waals surface area contributed by atoms with Crippen LogP contribution in [0.3, 0.4) is 0 Å². The Morgan fingerprint density at radius 2 is 2.39 bits per heavy atom. The summed E-state index contributed by atoms with van der Waals surface area (Å²) in [7, 11) is 1.50. The minimum Gasteiger partial charge on any atom is -0.457 e. The van der Waals surface area contributed by atoms with E-state index in [9.17, 15) is 9.59 Å². The summed E-state index contributed by atoms with van der Waals surface area (Å²) in [5.74, 6) is -0.134. The lowest BCUT2D eigenvalue weighted by Crippen LogP contribution is -2.13. The second-order valence-electron chi connectivity index (χ2n) is 3.76. The molecule has 2 aromatic heterocycles. The second-order valence-corrected chi connectivity index (χ2v) is 3.76. The molecule has 18 heavy (non-hydrogen) atoms. The summed E-state index contributed by atoms with van der Waals surface area (Å²) < 4.78 is 10.8. The molecular formula is C10H12N4O4. The van der Waals surface area contributed by atoms with Crippen LogP contribution >= 0.6 is 0 Å². The highest BCUT2D eigenvalue weighted by atomic mass is 16.5. The number of carbonyl (C=O) groups is 1. The molecule has 0 bridgehead atoms. The number of ether oxygens (including phenoxy) is 1. The molecule has 0 saturated carbocycles. The minimum atomic E-state index is -0.437. The van der Waals surface area contributed by atoms with E-state index in [2.05, 4.69) is 15.2 Å². The number of esters is 1. The second kappa shape index (κ2) is 4.86. The van der Waals surface area contributed by atoms with Crippen molar-refractivity contribution >= 4 is 5.97 Å². The van der Waals surface area contributed by atoms with Crippen LogP contribution in [-0.4, -0.2) is 25.9 Å². The molecule has 0 aliphatic rings. The number of nitrogens with zero attached hydrogens (tertiary/aromatic N) is 3. The van der Waals surface area contributed by atoms with Gasteiger partial charge in [0, 0.05) is 12.6 Å². The minimum absolute atomic E-state index is 0.0702.